The standard InChI is InChI=1S/C24H31ClO9/c1-9-7-8-14(28)23(6)15(10(2)17(31-12(4)26)18-21(23)33-18)19(32-13(5)27)24(30)11(3)22(29)34-20(24)16(9)25/h7-8,10-11,14-21,28,30H,1H2,2-6H3/t10-,11+,14+,15-,16+,17+,18+,19?,20+,21+,23-,24-/m1/s1. The third-order valence-electron chi connectivity index (χ3n) is 8.14. The van der Waals surface area contributed by atoms with Crippen molar-refractivity contribution in [2.75, 3.05) is 0 Å². The second kappa shape index (κ2) is 8.33. The van der Waals surface area contributed by atoms with E-state index in [0.717, 1.165) is 0 Å². The van der Waals surface area contributed by atoms with Crippen LogP contribution in [0.25, 0.3) is 0 Å². The van der Waals surface area contributed by atoms with Gasteiger partial charge in [0.1, 0.15) is 18.3 Å². The van der Waals surface area contributed by atoms with Gasteiger partial charge in [0.05, 0.1) is 23.5 Å². The molecule has 9 nitrogen and oxygen atoms in total. The maximum atomic E-state index is 12.7. The van der Waals surface area contributed by atoms with Gasteiger partial charge < -0.3 is 29.2 Å². The molecule has 2 aliphatic carbocycles. The van der Waals surface area contributed by atoms with E-state index in [1.807, 2.05) is 0 Å². The molecule has 3 fully saturated rings. The molecule has 34 heavy (non-hydrogen) atoms. The first-order chi connectivity index (χ1) is 15.8. The minimum absolute atomic E-state index is 0.310. The number of allylic oxidation sites excluding steroid dienone is 1. The number of halogens is 1. The van der Waals surface area contributed by atoms with E-state index >= 15 is 0 Å². The lowest BCUT2D eigenvalue weighted by Gasteiger charge is -2.54. The van der Waals surface area contributed by atoms with Crippen LogP contribution in [-0.2, 0) is 33.3 Å². The SMILES string of the molecule is C=C1C=C[C@H](O)[C@@]2(C)[C@H]3O[C@H]3[C@@H](OC(C)=O)[C@H](C)[C@@H]2C(OC(C)=O)[C@]2(O)[C@@H](C)C(=O)O[C@H]2[C@H]1Cl. The average Bonchev–Trinajstić information content (AvgIpc) is 3.52. The molecule has 188 valence electrons. The number of alkyl halides is 1. The predicted octanol–water partition coefficient (Wildman–Crippen LogP) is 1.28. The van der Waals surface area contributed by atoms with Crippen molar-refractivity contribution >= 4 is 29.5 Å². The van der Waals surface area contributed by atoms with Crippen molar-refractivity contribution in [3.8, 4) is 0 Å². The van der Waals surface area contributed by atoms with Gasteiger partial charge in [-0.05, 0) is 12.5 Å². The van der Waals surface area contributed by atoms with Gasteiger partial charge in [0, 0.05) is 31.1 Å². The highest BCUT2D eigenvalue weighted by Gasteiger charge is 2.74. The molecule has 0 aromatic rings. The van der Waals surface area contributed by atoms with Crippen molar-refractivity contribution in [1.29, 1.82) is 0 Å². The Bertz CT molecular complexity index is 949. The summed E-state index contributed by atoms with van der Waals surface area (Å²) in [4.78, 5) is 36.9. The lowest BCUT2D eigenvalue weighted by molar-refractivity contribution is -0.219. The van der Waals surface area contributed by atoms with Crippen LogP contribution in [0.5, 0.6) is 0 Å². The molecule has 10 heteroatoms. The molecule has 4 rings (SSSR count). The van der Waals surface area contributed by atoms with Crippen LogP contribution in [0.2, 0.25) is 0 Å². The fourth-order valence-corrected chi connectivity index (χ4v) is 6.60. The van der Waals surface area contributed by atoms with Crippen molar-refractivity contribution in [3.05, 3.63) is 24.3 Å². The molecule has 0 aromatic heterocycles. The predicted molar refractivity (Wildman–Crippen MR) is 118 cm³/mol. The van der Waals surface area contributed by atoms with Gasteiger partial charge in [-0.1, -0.05) is 32.6 Å². The van der Waals surface area contributed by atoms with Crippen molar-refractivity contribution < 1.29 is 43.5 Å². The Morgan fingerprint density at radius 1 is 1.18 bits per heavy atom. The van der Waals surface area contributed by atoms with Gasteiger partial charge >= 0.3 is 17.9 Å². The number of hydrogen-bond acceptors (Lipinski definition) is 9. The highest BCUT2D eigenvalue weighted by molar-refractivity contribution is 6.23. The number of rotatable bonds is 2. The fourth-order valence-electron chi connectivity index (χ4n) is 6.27. The van der Waals surface area contributed by atoms with Crippen LogP contribution in [0.4, 0.5) is 0 Å². The number of hydrogen-bond donors (Lipinski definition) is 2. The maximum Gasteiger partial charge on any atom is 0.312 e. The van der Waals surface area contributed by atoms with Crippen LogP contribution >= 0.6 is 11.6 Å². The number of ether oxygens (including phenoxy) is 4. The average molecular weight is 499 g/mol. The summed E-state index contributed by atoms with van der Waals surface area (Å²) in [6.45, 7) is 11.4. The topological polar surface area (TPSA) is 132 Å². The van der Waals surface area contributed by atoms with E-state index in [4.69, 9.17) is 30.5 Å². The number of fused-ring (bicyclic) bond motifs is 4. The first-order valence-electron chi connectivity index (χ1n) is 11.4. The number of epoxide rings is 1. The van der Waals surface area contributed by atoms with E-state index in [2.05, 4.69) is 6.58 Å². The van der Waals surface area contributed by atoms with Gasteiger partial charge in [0.2, 0.25) is 0 Å². The molecule has 2 heterocycles. The second-order valence-electron chi connectivity index (χ2n) is 10.1. The summed E-state index contributed by atoms with van der Waals surface area (Å²) in [5.41, 5.74) is -2.85. The number of carbonyl (C=O) groups is 3. The Balaban J connectivity index is 1.96. The monoisotopic (exact) mass is 498 g/mol. The molecule has 1 saturated carbocycles. The second-order valence-corrected chi connectivity index (χ2v) is 10.6. The van der Waals surface area contributed by atoms with Crippen LogP contribution in [0, 0.1) is 23.2 Å². The lowest BCUT2D eigenvalue weighted by Crippen LogP contribution is -2.68. The maximum absolute atomic E-state index is 12.7. The molecule has 0 bridgehead atoms. The van der Waals surface area contributed by atoms with E-state index in [1.165, 1.54) is 32.9 Å². The summed E-state index contributed by atoms with van der Waals surface area (Å²) in [6.07, 6.45) is -2.45. The zero-order valence-corrected chi connectivity index (χ0v) is 20.5. The molecule has 0 radical (unpaired) electrons. The van der Waals surface area contributed by atoms with Crippen LogP contribution < -0.4 is 0 Å². The van der Waals surface area contributed by atoms with E-state index in [0.29, 0.717) is 5.57 Å². The zero-order valence-electron chi connectivity index (χ0n) is 19.8. The number of aliphatic hydroxyl groups excluding tert-OH is 1. The molecule has 2 saturated heterocycles. The number of esters is 3. The molecule has 2 aliphatic heterocycles. The summed E-state index contributed by atoms with van der Waals surface area (Å²) in [6, 6.07) is 0. The van der Waals surface area contributed by atoms with E-state index < -0.39 is 88.7 Å². The van der Waals surface area contributed by atoms with Crippen LogP contribution in [0.15, 0.2) is 24.3 Å². The van der Waals surface area contributed by atoms with Gasteiger partial charge in [0.15, 0.2) is 11.7 Å². The fraction of sp³-hybridized carbons (Fsp3) is 0.708. The molecule has 12 atom stereocenters. The Morgan fingerprint density at radius 3 is 2.38 bits per heavy atom. The third kappa shape index (κ3) is 3.51. The smallest absolute Gasteiger partial charge is 0.312 e. The van der Waals surface area contributed by atoms with Crippen LogP contribution in [-0.4, -0.2) is 75.7 Å². The Morgan fingerprint density at radius 2 is 1.79 bits per heavy atom. The number of aliphatic hydroxyl groups is 2. The first-order valence-corrected chi connectivity index (χ1v) is 11.8. The van der Waals surface area contributed by atoms with E-state index in [-0.39, 0.29) is 0 Å². The van der Waals surface area contributed by atoms with Crippen molar-refractivity contribution in [2.24, 2.45) is 23.2 Å². The van der Waals surface area contributed by atoms with E-state index in [9.17, 15) is 24.6 Å². The summed E-state index contributed by atoms with van der Waals surface area (Å²) in [5, 5.41) is 22.5. The van der Waals surface area contributed by atoms with Gasteiger partial charge in [-0.15, -0.1) is 11.6 Å². The Labute approximate surface area is 203 Å². The molecular weight excluding hydrogens is 468 g/mol. The highest BCUT2D eigenvalue weighted by Crippen LogP contribution is 2.61. The van der Waals surface area contributed by atoms with Gasteiger partial charge in [0.25, 0.3) is 0 Å². The van der Waals surface area contributed by atoms with Crippen molar-refractivity contribution in [3.63, 3.8) is 0 Å². The zero-order chi connectivity index (χ0) is 25.3. The van der Waals surface area contributed by atoms with Crippen molar-refractivity contribution in [1.82, 2.24) is 0 Å². The largest absolute Gasteiger partial charge is 0.459 e. The van der Waals surface area contributed by atoms with Crippen LogP contribution in [0.1, 0.15) is 34.6 Å². The molecule has 0 aromatic carbocycles. The van der Waals surface area contributed by atoms with Crippen molar-refractivity contribution in [2.45, 2.75) is 82.2 Å². The minimum atomic E-state index is -2.06. The van der Waals surface area contributed by atoms with Gasteiger partial charge in [-0.3, -0.25) is 14.4 Å². The third-order valence-corrected chi connectivity index (χ3v) is 8.65. The molecule has 1 unspecified atom stereocenters. The number of carbonyl (C=O) groups excluding carboxylic acids is 3. The minimum Gasteiger partial charge on any atom is -0.459 e. The summed E-state index contributed by atoms with van der Waals surface area (Å²) in [5.74, 6) is -4.39. The Hall–Kier alpha value is -1.94. The summed E-state index contributed by atoms with van der Waals surface area (Å²) in [7, 11) is 0. The van der Waals surface area contributed by atoms with Gasteiger partial charge in [-0.25, -0.2) is 0 Å². The summed E-state index contributed by atoms with van der Waals surface area (Å²) >= 11 is 6.62. The molecule has 0 spiro atoms. The molecular formula is C24H31ClO9. The molecule has 4 aliphatic rings. The summed E-state index contributed by atoms with van der Waals surface area (Å²) < 4.78 is 22.8. The highest BCUT2D eigenvalue weighted by atomic mass is 35.5. The molecule has 2 N–H and O–H groups in total. The quantitative estimate of drug-likeness (QED) is 0.250. The van der Waals surface area contributed by atoms with Gasteiger partial charge in [-0.2, -0.15) is 0 Å². The first kappa shape index (κ1) is 25.2. The van der Waals surface area contributed by atoms with Crippen LogP contribution in [0.3, 0.4) is 0 Å². The lowest BCUT2D eigenvalue weighted by atomic mass is 9.54. The molecule has 0 amide bonds. The van der Waals surface area contributed by atoms with E-state index in [1.54, 1.807) is 13.8 Å². The normalized spacial score (nSPS) is 49.8. The Kier molecular flexibility index (Phi) is 6.16.